The van der Waals surface area contributed by atoms with Crippen LogP contribution in [-0.4, -0.2) is 4.57 Å². The monoisotopic (exact) mass is 697 g/mol. The number of aromatic nitrogens is 1. The van der Waals surface area contributed by atoms with Crippen molar-refractivity contribution >= 4 is 44.9 Å². The van der Waals surface area contributed by atoms with Crippen LogP contribution in [0.4, 0.5) is 0 Å². The first kappa shape index (κ1) is 30.2. The Morgan fingerprint density at radius 2 is 0.962 bits per heavy atom. The molecule has 0 saturated carbocycles. The zero-order valence-electron chi connectivity index (χ0n) is 28.7. The van der Waals surface area contributed by atoms with Gasteiger partial charge in [-0.15, -0.1) is 0 Å². The maximum atomic E-state index is 15.3. The predicted molar refractivity (Wildman–Crippen MR) is 218 cm³/mol. The molecular weight excluding hydrogens is 666 g/mol. The predicted octanol–water partition coefficient (Wildman–Crippen LogP) is 10.9. The minimum Gasteiger partial charge on any atom is -0.454 e. The van der Waals surface area contributed by atoms with Crippen LogP contribution in [0.2, 0.25) is 0 Å². The summed E-state index contributed by atoms with van der Waals surface area (Å²) in [6.45, 7) is 0. The molecule has 0 atom stereocenters. The number of rotatable bonds is 4. The molecule has 1 aromatic heterocycles. The molecule has 0 saturated heterocycles. The van der Waals surface area contributed by atoms with Gasteiger partial charge in [0.2, 0.25) is 0 Å². The van der Waals surface area contributed by atoms with Crippen molar-refractivity contribution in [2.75, 3.05) is 0 Å². The van der Waals surface area contributed by atoms with E-state index >= 15 is 4.57 Å². The number of benzene rings is 8. The molecule has 1 aliphatic heterocycles. The average Bonchev–Trinajstić information content (AvgIpc) is 3.73. The van der Waals surface area contributed by atoms with Crippen LogP contribution >= 0.6 is 7.14 Å². The van der Waals surface area contributed by atoms with E-state index in [0.717, 1.165) is 66.0 Å². The second-order valence-electron chi connectivity index (χ2n) is 13.9. The van der Waals surface area contributed by atoms with E-state index in [1.54, 1.807) is 0 Å². The highest BCUT2D eigenvalue weighted by Crippen LogP contribution is 2.63. The van der Waals surface area contributed by atoms with Gasteiger partial charge in [0.25, 0.3) is 0 Å². The fourth-order valence-electron chi connectivity index (χ4n) is 9.16. The smallest absolute Gasteiger partial charge is 0.171 e. The largest absolute Gasteiger partial charge is 0.454 e. The highest BCUT2D eigenvalue weighted by Gasteiger charge is 2.51. The molecular formula is C49H32NO2P. The highest BCUT2D eigenvalue weighted by molar-refractivity contribution is 7.85. The molecule has 1 aliphatic carbocycles. The van der Waals surface area contributed by atoms with Crippen molar-refractivity contribution in [2.24, 2.45) is 0 Å². The van der Waals surface area contributed by atoms with Gasteiger partial charge < -0.3 is 13.9 Å². The number of nitrogens with zero attached hydrogens (tertiary/aromatic N) is 1. The maximum absolute atomic E-state index is 15.3. The van der Waals surface area contributed by atoms with Gasteiger partial charge in [0.1, 0.15) is 5.75 Å². The van der Waals surface area contributed by atoms with Gasteiger partial charge in [-0.1, -0.05) is 158 Å². The molecule has 0 fully saturated rings. The third kappa shape index (κ3) is 4.03. The number of para-hydroxylation sites is 2. The van der Waals surface area contributed by atoms with Crippen molar-refractivity contribution in [2.45, 2.75) is 5.41 Å². The Bertz CT molecular complexity index is 2860. The van der Waals surface area contributed by atoms with Gasteiger partial charge in [0.15, 0.2) is 12.9 Å². The fraction of sp³-hybridized carbons (Fsp3) is 0.0204. The highest BCUT2D eigenvalue weighted by atomic mass is 31.2. The van der Waals surface area contributed by atoms with E-state index in [9.17, 15) is 0 Å². The summed E-state index contributed by atoms with van der Waals surface area (Å²) in [5.41, 5.74) is 9.83. The normalized spacial score (nSPS) is 13.7. The summed E-state index contributed by atoms with van der Waals surface area (Å²) in [5.74, 6) is 1.71. The Morgan fingerprint density at radius 3 is 1.62 bits per heavy atom. The zero-order chi connectivity index (χ0) is 35.1. The summed E-state index contributed by atoms with van der Waals surface area (Å²) >= 11 is 0. The van der Waals surface area contributed by atoms with Crippen LogP contribution in [0.1, 0.15) is 22.3 Å². The zero-order valence-corrected chi connectivity index (χ0v) is 29.6. The molecule has 9 aromatic rings. The van der Waals surface area contributed by atoms with Crippen LogP contribution in [0.15, 0.2) is 194 Å². The minimum absolute atomic E-state index is 0.561. The first-order valence-corrected chi connectivity index (χ1v) is 19.8. The fourth-order valence-corrected chi connectivity index (χ4v) is 11.8. The second-order valence-corrected chi connectivity index (χ2v) is 16.7. The van der Waals surface area contributed by atoms with Gasteiger partial charge in [0.05, 0.1) is 16.4 Å². The van der Waals surface area contributed by atoms with E-state index < -0.39 is 12.6 Å². The molecule has 3 nitrogen and oxygen atoms in total. The lowest BCUT2D eigenvalue weighted by atomic mass is 9.66. The molecule has 0 unspecified atom stereocenters. The summed E-state index contributed by atoms with van der Waals surface area (Å²) in [6, 6.07) is 67.4. The quantitative estimate of drug-likeness (QED) is 0.171. The maximum Gasteiger partial charge on any atom is 0.171 e. The molecule has 0 N–H and O–H groups in total. The van der Waals surface area contributed by atoms with Crippen LogP contribution in [0.5, 0.6) is 11.5 Å². The molecule has 0 bridgehead atoms. The van der Waals surface area contributed by atoms with Crippen LogP contribution in [0.25, 0.3) is 38.6 Å². The first-order chi connectivity index (χ1) is 26.2. The van der Waals surface area contributed by atoms with E-state index in [-0.39, 0.29) is 0 Å². The summed E-state index contributed by atoms with van der Waals surface area (Å²) < 4.78 is 24.7. The molecule has 0 amide bonds. The van der Waals surface area contributed by atoms with Crippen LogP contribution < -0.4 is 20.7 Å². The summed E-state index contributed by atoms with van der Waals surface area (Å²) in [7, 11) is -3.14. The first-order valence-electron chi connectivity index (χ1n) is 18.0. The molecule has 250 valence electrons. The molecule has 0 radical (unpaired) electrons. The van der Waals surface area contributed by atoms with Crippen molar-refractivity contribution < 1.29 is 9.30 Å². The van der Waals surface area contributed by atoms with E-state index in [0.29, 0.717) is 0 Å². The number of ether oxygens (including phenoxy) is 1. The third-order valence-electron chi connectivity index (χ3n) is 11.4. The van der Waals surface area contributed by atoms with Crippen molar-refractivity contribution in [3.8, 4) is 28.3 Å². The Kier molecular flexibility index (Phi) is 6.44. The van der Waals surface area contributed by atoms with Crippen molar-refractivity contribution in [1.82, 2.24) is 4.57 Å². The standard InChI is InChI=1S/C49H32NO2P/c51-53(34-15-3-1-4-16-34,35-17-5-2-6-18-35)36-29-27-33(28-30-36)50-45-25-13-9-21-39(45)40-31-32-44-48(47(40)50)52-46-26-14-12-24-43(46)49(44)41-22-10-7-19-37(41)38-20-8-11-23-42(38)49/h1-32H. The summed E-state index contributed by atoms with van der Waals surface area (Å²) in [5, 5.41) is 4.71. The van der Waals surface area contributed by atoms with Gasteiger partial charge >= 0.3 is 0 Å². The Hall–Kier alpha value is -6.41. The van der Waals surface area contributed by atoms with Crippen LogP contribution in [0, 0.1) is 0 Å². The van der Waals surface area contributed by atoms with Crippen molar-refractivity contribution in [1.29, 1.82) is 0 Å². The lowest BCUT2D eigenvalue weighted by Crippen LogP contribution is -2.32. The molecule has 2 heterocycles. The van der Waals surface area contributed by atoms with Crippen molar-refractivity contribution in [3.63, 3.8) is 0 Å². The molecule has 1 spiro atoms. The topological polar surface area (TPSA) is 31.2 Å². The van der Waals surface area contributed by atoms with Gasteiger partial charge in [-0.2, -0.15) is 0 Å². The number of hydrogen-bond acceptors (Lipinski definition) is 2. The number of hydrogen-bond donors (Lipinski definition) is 0. The molecule has 8 aromatic carbocycles. The Balaban J connectivity index is 1.19. The van der Waals surface area contributed by atoms with E-state index in [4.69, 9.17) is 4.74 Å². The van der Waals surface area contributed by atoms with E-state index in [1.807, 2.05) is 72.8 Å². The lowest BCUT2D eigenvalue weighted by Gasteiger charge is -2.39. The average molecular weight is 698 g/mol. The van der Waals surface area contributed by atoms with Crippen LogP contribution in [-0.2, 0) is 9.98 Å². The van der Waals surface area contributed by atoms with Gasteiger partial charge in [0, 0.05) is 43.5 Å². The second kappa shape index (κ2) is 11.3. The number of fused-ring (bicyclic) bond motifs is 13. The Labute approximate surface area is 307 Å². The van der Waals surface area contributed by atoms with Crippen molar-refractivity contribution in [3.05, 3.63) is 216 Å². The van der Waals surface area contributed by atoms with Gasteiger partial charge in [-0.3, -0.25) is 0 Å². The summed E-state index contributed by atoms with van der Waals surface area (Å²) in [4.78, 5) is 0. The lowest BCUT2D eigenvalue weighted by molar-refractivity contribution is 0.440. The summed E-state index contributed by atoms with van der Waals surface area (Å²) in [6.07, 6.45) is 0. The van der Waals surface area contributed by atoms with E-state index in [2.05, 4.69) is 126 Å². The van der Waals surface area contributed by atoms with Gasteiger partial charge in [-0.05, 0) is 58.7 Å². The van der Waals surface area contributed by atoms with E-state index in [1.165, 1.54) is 22.3 Å². The molecule has 53 heavy (non-hydrogen) atoms. The van der Waals surface area contributed by atoms with Crippen LogP contribution in [0.3, 0.4) is 0 Å². The molecule has 4 heteroatoms. The van der Waals surface area contributed by atoms with Gasteiger partial charge in [-0.25, -0.2) is 0 Å². The SMILES string of the molecule is O=P(c1ccccc1)(c1ccccc1)c1ccc(-n2c3ccccc3c3ccc4c(c32)Oc2ccccc2C42c3ccccc3-c3ccccc32)cc1. The third-order valence-corrected chi connectivity index (χ3v) is 14.4. The molecule has 2 aliphatic rings. The Morgan fingerprint density at radius 1 is 0.434 bits per heavy atom. The molecule has 11 rings (SSSR count). The minimum atomic E-state index is -3.14.